The molecule has 1 aromatic heterocycles. The quantitative estimate of drug-likeness (QED) is 0.837. The van der Waals surface area contributed by atoms with E-state index in [9.17, 15) is 4.79 Å². The summed E-state index contributed by atoms with van der Waals surface area (Å²) in [5.74, 6) is 0.953. The fourth-order valence-corrected chi connectivity index (χ4v) is 2.59. The van der Waals surface area contributed by atoms with E-state index >= 15 is 0 Å². The SMILES string of the molecule is Cc1cc(NC(=O)C2CCCCCC2)ncc1Br. The van der Waals surface area contributed by atoms with Gasteiger partial charge in [0.05, 0.1) is 0 Å². The van der Waals surface area contributed by atoms with E-state index in [4.69, 9.17) is 0 Å². The third kappa shape index (κ3) is 3.55. The van der Waals surface area contributed by atoms with Gasteiger partial charge in [0.1, 0.15) is 5.82 Å². The van der Waals surface area contributed by atoms with Crippen molar-refractivity contribution in [2.75, 3.05) is 5.32 Å². The Bertz CT molecular complexity index is 426. The number of amides is 1. The number of hydrogen-bond acceptors (Lipinski definition) is 2. The van der Waals surface area contributed by atoms with Crippen LogP contribution in [0.1, 0.15) is 44.1 Å². The number of anilines is 1. The van der Waals surface area contributed by atoms with Gasteiger partial charge in [-0.2, -0.15) is 0 Å². The molecule has 18 heavy (non-hydrogen) atoms. The van der Waals surface area contributed by atoms with Gasteiger partial charge in [0.2, 0.25) is 5.91 Å². The fraction of sp³-hybridized carbons (Fsp3) is 0.571. The number of hydrogen-bond donors (Lipinski definition) is 1. The minimum absolute atomic E-state index is 0.131. The zero-order chi connectivity index (χ0) is 13.0. The summed E-state index contributed by atoms with van der Waals surface area (Å²) in [7, 11) is 0. The molecule has 0 bridgehead atoms. The van der Waals surface area contributed by atoms with Crippen LogP contribution in [0, 0.1) is 12.8 Å². The minimum Gasteiger partial charge on any atom is -0.310 e. The highest BCUT2D eigenvalue weighted by atomic mass is 79.9. The molecule has 1 fully saturated rings. The topological polar surface area (TPSA) is 42.0 Å². The first-order valence-electron chi connectivity index (χ1n) is 6.60. The van der Waals surface area contributed by atoms with E-state index in [1.807, 2.05) is 13.0 Å². The summed E-state index contributed by atoms with van der Waals surface area (Å²) < 4.78 is 0.968. The molecule has 0 spiro atoms. The number of aryl methyl sites for hydroxylation is 1. The largest absolute Gasteiger partial charge is 0.310 e. The van der Waals surface area contributed by atoms with E-state index in [1.54, 1.807) is 6.20 Å². The van der Waals surface area contributed by atoms with Gasteiger partial charge in [-0.25, -0.2) is 4.98 Å². The molecule has 2 rings (SSSR count). The zero-order valence-electron chi connectivity index (χ0n) is 10.7. The Kier molecular flexibility index (Phi) is 4.75. The zero-order valence-corrected chi connectivity index (χ0v) is 12.3. The minimum atomic E-state index is 0.131. The molecular formula is C14H19BrN2O. The molecule has 0 aliphatic heterocycles. The van der Waals surface area contributed by atoms with Crippen molar-refractivity contribution in [1.29, 1.82) is 0 Å². The van der Waals surface area contributed by atoms with E-state index in [2.05, 4.69) is 26.2 Å². The van der Waals surface area contributed by atoms with Crippen LogP contribution < -0.4 is 5.32 Å². The Labute approximate surface area is 117 Å². The first kappa shape index (κ1) is 13.5. The number of nitrogens with one attached hydrogen (secondary N) is 1. The van der Waals surface area contributed by atoms with Gasteiger partial charge in [-0.05, 0) is 47.3 Å². The second-order valence-corrected chi connectivity index (χ2v) is 5.85. The van der Waals surface area contributed by atoms with Crippen LogP contribution in [-0.4, -0.2) is 10.9 Å². The van der Waals surface area contributed by atoms with Crippen LogP contribution >= 0.6 is 15.9 Å². The van der Waals surface area contributed by atoms with Gasteiger partial charge in [-0.15, -0.1) is 0 Å². The van der Waals surface area contributed by atoms with Crippen molar-refractivity contribution in [2.45, 2.75) is 45.4 Å². The summed E-state index contributed by atoms with van der Waals surface area (Å²) in [6.07, 6.45) is 8.63. The molecular weight excluding hydrogens is 292 g/mol. The Morgan fingerprint density at radius 1 is 1.33 bits per heavy atom. The predicted octanol–water partition coefficient (Wildman–Crippen LogP) is 4.06. The van der Waals surface area contributed by atoms with Crippen LogP contribution in [0.4, 0.5) is 5.82 Å². The number of halogens is 1. The van der Waals surface area contributed by atoms with Crippen LogP contribution in [0.15, 0.2) is 16.7 Å². The lowest BCUT2D eigenvalue weighted by Crippen LogP contribution is -2.22. The van der Waals surface area contributed by atoms with Gasteiger partial charge >= 0.3 is 0 Å². The first-order valence-corrected chi connectivity index (χ1v) is 7.39. The van der Waals surface area contributed by atoms with Crippen molar-refractivity contribution in [3.8, 4) is 0 Å². The lowest BCUT2D eigenvalue weighted by Gasteiger charge is -2.14. The Morgan fingerprint density at radius 3 is 2.61 bits per heavy atom. The predicted molar refractivity (Wildman–Crippen MR) is 76.5 cm³/mol. The lowest BCUT2D eigenvalue weighted by atomic mass is 9.99. The smallest absolute Gasteiger partial charge is 0.228 e. The second kappa shape index (κ2) is 6.32. The molecule has 0 radical (unpaired) electrons. The van der Waals surface area contributed by atoms with Crippen molar-refractivity contribution >= 4 is 27.7 Å². The Hall–Kier alpha value is -0.900. The molecule has 4 heteroatoms. The molecule has 1 amide bonds. The maximum absolute atomic E-state index is 12.2. The van der Waals surface area contributed by atoms with Gasteiger partial charge in [-0.3, -0.25) is 4.79 Å². The highest BCUT2D eigenvalue weighted by Gasteiger charge is 2.20. The second-order valence-electron chi connectivity index (χ2n) is 5.00. The van der Waals surface area contributed by atoms with E-state index < -0.39 is 0 Å². The Morgan fingerprint density at radius 2 is 2.00 bits per heavy atom. The van der Waals surface area contributed by atoms with E-state index in [0.717, 1.165) is 22.9 Å². The van der Waals surface area contributed by atoms with Crippen molar-refractivity contribution in [3.05, 3.63) is 22.3 Å². The van der Waals surface area contributed by atoms with Crippen molar-refractivity contribution in [3.63, 3.8) is 0 Å². The summed E-state index contributed by atoms with van der Waals surface area (Å²) in [6.45, 7) is 1.99. The number of rotatable bonds is 2. The van der Waals surface area contributed by atoms with E-state index in [0.29, 0.717) is 5.82 Å². The van der Waals surface area contributed by atoms with E-state index in [1.165, 1.54) is 25.7 Å². The number of aromatic nitrogens is 1. The average molecular weight is 311 g/mol. The number of carbonyl (C=O) groups excluding carboxylic acids is 1. The molecule has 98 valence electrons. The molecule has 0 saturated heterocycles. The average Bonchev–Trinajstić information content (AvgIpc) is 2.62. The normalized spacial score (nSPS) is 17.2. The molecule has 0 atom stereocenters. The van der Waals surface area contributed by atoms with Gasteiger partial charge in [0.25, 0.3) is 0 Å². The third-order valence-corrected chi connectivity index (χ3v) is 4.35. The molecule has 0 unspecified atom stereocenters. The van der Waals surface area contributed by atoms with Crippen molar-refractivity contribution < 1.29 is 4.79 Å². The van der Waals surface area contributed by atoms with Crippen LogP contribution in [0.3, 0.4) is 0 Å². The number of carbonyl (C=O) groups is 1. The molecule has 3 nitrogen and oxygen atoms in total. The van der Waals surface area contributed by atoms with Gasteiger partial charge in [-0.1, -0.05) is 25.7 Å². The molecule has 1 heterocycles. The van der Waals surface area contributed by atoms with Gasteiger partial charge in [0, 0.05) is 16.6 Å². The fourth-order valence-electron chi connectivity index (χ4n) is 2.38. The van der Waals surface area contributed by atoms with Crippen LogP contribution in [0.5, 0.6) is 0 Å². The standard InChI is InChI=1S/C14H19BrN2O/c1-10-8-13(16-9-12(10)15)17-14(18)11-6-4-2-3-5-7-11/h8-9,11H,2-7H2,1H3,(H,16,17,18). The Balaban J connectivity index is 1.99. The molecule has 1 aliphatic rings. The third-order valence-electron chi connectivity index (χ3n) is 3.52. The highest BCUT2D eigenvalue weighted by molar-refractivity contribution is 9.10. The summed E-state index contributed by atoms with van der Waals surface area (Å²) in [5.41, 5.74) is 1.08. The van der Waals surface area contributed by atoms with E-state index in [-0.39, 0.29) is 11.8 Å². The van der Waals surface area contributed by atoms with Crippen molar-refractivity contribution in [2.24, 2.45) is 5.92 Å². The first-order chi connectivity index (χ1) is 8.66. The summed E-state index contributed by atoms with van der Waals surface area (Å²) in [6, 6.07) is 1.90. The summed E-state index contributed by atoms with van der Waals surface area (Å²) >= 11 is 3.41. The van der Waals surface area contributed by atoms with Crippen LogP contribution in [0.2, 0.25) is 0 Å². The molecule has 1 aliphatic carbocycles. The summed E-state index contributed by atoms with van der Waals surface area (Å²) in [4.78, 5) is 16.4. The molecule has 1 N–H and O–H groups in total. The van der Waals surface area contributed by atoms with Gasteiger partial charge in [0.15, 0.2) is 0 Å². The number of pyridine rings is 1. The summed E-state index contributed by atoms with van der Waals surface area (Å²) in [5, 5.41) is 2.94. The van der Waals surface area contributed by atoms with Crippen molar-refractivity contribution in [1.82, 2.24) is 4.98 Å². The maximum atomic E-state index is 12.2. The number of nitrogens with zero attached hydrogens (tertiary/aromatic N) is 1. The molecule has 1 saturated carbocycles. The van der Waals surface area contributed by atoms with Crippen LogP contribution in [0.25, 0.3) is 0 Å². The highest BCUT2D eigenvalue weighted by Crippen LogP contribution is 2.24. The monoisotopic (exact) mass is 310 g/mol. The molecule has 0 aromatic carbocycles. The van der Waals surface area contributed by atoms with Gasteiger partial charge < -0.3 is 5.32 Å². The maximum Gasteiger partial charge on any atom is 0.228 e. The lowest BCUT2D eigenvalue weighted by molar-refractivity contribution is -0.120. The van der Waals surface area contributed by atoms with Crippen LogP contribution in [-0.2, 0) is 4.79 Å². The molecule has 1 aromatic rings.